The molecule has 0 spiro atoms. The van der Waals surface area contributed by atoms with Crippen molar-refractivity contribution in [3.8, 4) is 16.5 Å². The minimum absolute atomic E-state index is 0.275. The van der Waals surface area contributed by atoms with Crippen LogP contribution in [0.2, 0.25) is 0 Å². The molecule has 0 aliphatic heterocycles. The Morgan fingerprint density at radius 3 is 2.71 bits per heavy atom. The summed E-state index contributed by atoms with van der Waals surface area (Å²) in [4.78, 5) is 0.706. The first-order valence-electron chi connectivity index (χ1n) is 4.49. The minimum atomic E-state index is -3.87. The van der Waals surface area contributed by atoms with Crippen molar-refractivity contribution in [1.82, 2.24) is 14.8 Å². The van der Waals surface area contributed by atoms with Crippen LogP contribution in [0.25, 0.3) is 10.7 Å². The van der Waals surface area contributed by atoms with E-state index >= 15 is 0 Å². The third-order valence-corrected chi connectivity index (χ3v) is 3.90. The molecule has 0 saturated carbocycles. The summed E-state index contributed by atoms with van der Waals surface area (Å²) in [6.07, 6.45) is 0. The number of primary sulfonamides is 1. The molecular weight excluding hydrogens is 264 g/mol. The summed E-state index contributed by atoms with van der Waals surface area (Å²) in [5.41, 5.74) is 0. The Bertz CT molecular complexity index is 644. The van der Waals surface area contributed by atoms with Gasteiger partial charge in [0.2, 0.25) is 0 Å². The van der Waals surface area contributed by atoms with Gasteiger partial charge < -0.3 is 4.74 Å². The number of rotatable bonds is 3. The molecule has 2 N–H and O–H groups in total. The van der Waals surface area contributed by atoms with Crippen LogP contribution in [0.1, 0.15) is 0 Å². The Labute approximate surface area is 102 Å². The van der Waals surface area contributed by atoms with Crippen LogP contribution in [0, 0.1) is 0 Å². The van der Waals surface area contributed by atoms with Gasteiger partial charge in [-0.1, -0.05) is 0 Å². The maximum Gasteiger partial charge on any atom is 0.273 e. The predicted octanol–water partition coefficient (Wildman–Crippen LogP) is 0.200. The predicted molar refractivity (Wildman–Crippen MR) is 62.2 cm³/mol. The van der Waals surface area contributed by atoms with Gasteiger partial charge in [-0.3, -0.25) is 4.57 Å². The normalized spacial score (nSPS) is 11.7. The number of nitrogens with two attached hydrogens (primary N) is 1. The van der Waals surface area contributed by atoms with Gasteiger partial charge >= 0.3 is 0 Å². The van der Waals surface area contributed by atoms with E-state index in [1.807, 2.05) is 5.38 Å². The summed E-state index contributed by atoms with van der Waals surface area (Å²) in [6, 6.07) is 1.77. The van der Waals surface area contributed by atoms with E-state index in [-0.39, 0.29) is 5.16 Å². The SMILES string of the molecule is COc1ccsc1-c1nnc(S(N)(=O)=O)n1C. The first kappa shape index (κ1) is 12.0. The fourth-order valence-corrected chi connectivity index (χ4v) is 2.88. The summed E-state index contributed by atoms with van der Waals surface area (Å²) in [5.74, 6) is 1.02. The summed E-state index contributed by atoms with van der Waals surface area (Å²) in [5, 5.41) is 13.9. The molecule has 0 unspecified atom stereocenters. The first-order chi connectivity index (χ1) is 7.95. The number of nitrogens with zero attached hydrogens (tertiary/aromatic N) is 3. The van der Waals surface area contributed by atoms with Gasteiger partial charge in [-0.25, -0.2) is 13.6 Å². The van der Waals surface area contributed by atoms with Gasteiger partial charge in [0.25, 0.3) is 15.2 Å². The number of hydrogen-bond donors (Lipinski definition) is 1. The molecule has 7 nitrogen and oxygen atoms in total. The Kier molecular flexibility index (Phi) is 2.89. The van der Waals surface area contributed by atoms with Crippen molar-refractivity contribution < 1.29 is 13.2 Å². The Morgan fingerprint density at radius 1 is 1.47 bits per heavy atom. The summed E-state index contributed by atoms with van der Waals surface area (Å²) >= 11 is 1.38. The molecule has 0 fully saturated rings. The average molecular weight is 274 g/mol. The second-order valence-electron chi connectivity index (χ2n) is 3.23. The number of hydrogen-bond acceptors (Lipinski definition) is 6. The number of aromatic nitrogens is 3. The highest BCUT2D eigenvalue weighted by Gasteiger charge is 2.21. The van der Waals surface area contributed by atoms with Gasteiger partial charge in [-0.2, -0.15) is 0 Å². The molecule has 2 heterocycles. The molecule has 2 aromatic heterocycles. The molecule has 2 aromatic rings. The zero-order valence-corrected chi connectivity index (χ0v) is 10.7. The van der Waals surface area contributed by atoms with E-state index in [9.17, 15) is 8.42 Å². The summed E-state index contributed by atoms with van der Waals surface area (Å²) < 4.78 is 28.9. The van der Waals surface area contributed by atoms with Gasteiger partial charge in [0.1, 0.15) is 10.6 Å². The van der Waals surface area contributed by atoms with E-state index in [0.717, 1.165) is 0 Å². The number of sulfonamides is 1. The Hall–Kier alpha value is -1.45. The van der Waals surface area contributed by atoms with E-state index in [4.69, 9.17) is 9.88 Å². The highest BCUT2D eigenvalue weighted by atomic mass is 32.2. The molecule has 9 heteroatoms. The van der Waals surface area contributed by atoms with Gasteiger partial charge in [0.15, 0.2) is 5.82 Å². The van der Waals surface area contributed by atoms with E-state index in [2.05, 4.69) is 10.2 Å². The van der Waals surface area contributed by atoms with Crippen molar-refractivity contribution in [2.24, 2.45) is 12.2 Å². The van der Waals surface area contributed by atoms with Crippen LogP contribution in [-0.2, 0) is 17.1 Å². The fraction of sp³-hybridized carbons (Fsp3) is 0.250. The third kappa shape index (κ3) is 2.04. The van der Waals surface area contributed by atoms with Crippen molar-refractivity contribution in [3.63, 3.8) is 0 Å². The molecule has 2 rings (SSSR count). The molecule has 0 radical (unpaired) electrons. The van der Waals surface area contributed by atoms with Crippen LogP contribution < -0.4 is 9.88 Å². The van der Waals surface area contributed by atoms with Crippen LogP contribution in [-0.4, -0.2) is 30.3 Å². The van der Waals surface area contributed by atoms with Gasteiger partial charge in [-0.15, -0.1) is 21.5 Å². The van der Waals surface area contributed by atoms with Gasteiger partial charge in [0, 0.05) is 7.05 Å². The molecule has 0 aliphatic carbocycles. The molecular formula is C8H10N4O3S2. The average Bonchev–Trinajstić information content (AvgIpc) is 2.81. The number of thiophene rings is 1. The first-order valence-corrected chi connectivity index (χ1v) is 6.91. The molecule has 0 bridgehead atoms. The second-order valence-corrected chi connectivity index (χ2v) is 5.60. The van der Waals surface area contributed by atoms with Crippen molar-refractivity contribution in [2.75, 3.05) is 7.11 Å². The zero-order chi connectivity index (χ0) is 12.6. The largest absolute Gasteiger partial charge is 0.495 e. The topological polar surface area (TPSA) is 100 Å². The highest BCUT2D eigenvalue weighted by molar-refractivity contribution is 7.89. The standard InChI is InChI=1S/C8H10N4O3S2/c1-12-7(6-5(15-2)3-4-16-6)10-11-8(12)17(9,13)14/h3-4H,1-2H3,(H2,9,13,14). The molecule has 92 valence electrons. The van der Waals surface area contributed by atoms with Crippen LogP contribution in [0.3, 0.4) is 0 Å². The van der Waals surface area contributed by atoms with Crippen molar-refractivity contribution >= 4 is 21.4 Å². The molecule has 0 atom stereocenters. The van der Waals surface area contributed by atoms with Crippen LogP contribution in [0.5, 0.6) is 5.75 Å². The maximum absolute atomic E-state index is 11.2. The molecule has 0 aromatic carbocycles. The zero-order valence-electron chi connectivity index (χ0n) is 9.11. The van der Waals surface area contributed by atoms with Gasteiger partial charge in [0.05, 0.1) is 7.11 Å². The van der Waals surface area contributed by atoms with Crippen LogP contribution in [0.15, 0.2) is 16.6 Å². The minimum Gasteiger partial charge on any atom is -0.495 e. The van der Waals surface area contributed by atoms with E-state index < -0.39 is 10.0 Å². The van der Waals surface area contributed by atoms with Crippen molar-refractivity contribution in [2.45, 2.75) is 5.16 Å². The number of ether oxygens (including phenoxy) is 1. The van der Waals surface area contributed by atoms with Gasteiger partial charge in [-0.05, 0) is 11.4 Å². The quantitative estimate of drug-likeness (QED) is 0.861. The van der Waals surface area contributed by atoms with Crippen molar-refractivity contribution in [1.29, 1.82) is 0 Å². The molecule has 0 saturated heterocycles. The smallest absolute Gasteiger partial charge is 0.273 e. The monoisotopic (exact) mass is 274 g/mol. The van der Waals surface area contributed by atoms with Crippen molar-refractivity contribution in [3.05, 3.63) is 11.4 Å². The van der Waals surface area contributed by atoms with Crippen LogP contribution >= 0.6 is 11.3 Å². The summed E-state index contributed by atoms with van der Waals surface area (Å²) in [6.45, 7) is 0. The molecule has 0 aliphatic rings. The lowest BCUT2D eigenvalue weighted by Gasteiger charge is -2.02. The highest BCUT2D eigenvalue weighted by Crippen LogP contribution is 2.34. The fourth-order valence-electron chi connectivity index (χ4n) is 1.38. The third-order valence-electron chi connectivity index (χ3n) is 2.14. The maximum atomic E-state index is 11.2. The lowest BCUT2D eigenvalue weighted by Crippen LogP contribution is -2.17. The lowest BCUT2D eigenvalue weighted by molar-refractivity contribution is 0.417. The number of methoxy groups -OCH3 is 1. The molecule has 0 amide bonds. The summed E-state index contributed by atoms with van der Waals surface area (Å²) in [7, 11) is -0.804. The molecule has 17 heavy (non-hydrogen) atoms. The van der Waals surface area contributed by atoms with Crippen LogP contribution in [0.4, 0.5) is 0 Å². The lowest BCUT2D eigenvalue weighted by atomic mass is 10.4. The Balaban J connectivity index is 2.60. The van der Waals surface area contributed by atoms with E-state index in [1.54, 1.807) is 6.07 Å². The van der Waals surface area contributed by atoms with E-state index in [1.165, 1.54) is 30.1 Å². The Morgan fingerprint density at radius 2 is 2.18 bits per heavy atom. The van der Waals surface area contributed by atoms with E-state index in [0.29, 0.717) is 16.5 Å². The second kappa shape index (κ2) is 4.09.